The summed E-state index contributed by atoms with van der Waals surface area (Å²) in [6, 6.07) is 13.1. The molecule has 1 N–H and O–H groups in total. The number of para-hydroxylation sites is 1. The fourth-order valence-electron chi connectivity index (χ4n) is 4.88. The summed E-state index contributed by atoms with van der Waals surface area (Å²) in [5.41, 5.74) is 2.14. The predicted octanol–water partition coefficient (Wildman–Crippen LogP) is 2.62. The molecule has 3 aliphatic rings. The Bertz CT molecular complexity index is 925. The van der Waals surface area contributed by atoms with E-state index in [9.17, 15) is 10.1 Å². The average molecular weight is 375 g/mol. The lowest BCUT2D eigenvalue weighted by Crippen LogP contribution is -2.47. The predicted molar refractivity (Wildman–Crippen MR) is 108 cm³/mol. The molecule has 0 radical (unpaired) electrons. The maximum Gasteiger partial charge on any atom is 0.238 e. The molecule has 3 atom stereocenters. The van der Waals surface area contributed by atoms with Crippen molar-refractivity contribution in [2.24, 2.45) is 5.92 Å². The summed E-state index contributed by atoms with van der Waals surface area (Å²) in [6.45, 7) is 2.27. The van der Waals surface area contributed by atoms with Crippen LogP contribution in [-0.4, -0.2) is 58.5 Å². The second kappa shape index (κ2) is 7.06. The SMILES string of the molecule is N#CC1C[C@@H]2CC2N1C(=O)CN1CCC(Nc2ccnc3ccccc23)CC1. The van der Waals surface area contributed by atoms with Gasteiger partial charge in [0.05, 0.1) is 18.1 Å². The van der Waals surface area contributed by atoms with Crippen molar-refractivity contribution in [1.29, 1.82) is 5.26 Å². The number of aromatic nitrogens is 1. The van der Waals surface area contributed by atoms with E-state index >= 15 is 0 Å². The summed E-state index contributed by atoms with van der Waals surface area (Å²) in [6.07, 6.45) is 5.84. The fraction of sp³-hybridized carbons (Fsp3) is 0.500. The minimum absolute atomic E-state index is 0.142. The number of carbonyl (C=O) groups is 1. The molecular formula is C22H25N5O. The summed E-state index contributed by atoms with van der Waals surface area (Å²) < 4.78 is 0. The molecule has 1 aromatic heterocycles. The lowest BCUT2D eigenvalue weighted by molar-refractivity contribution is -0.133. The fourth-order valence-corrected chi connectivity index (χ4v) is 4.88. The number of rotatable bonds is 4. The van der Waals surface area contributed by atoms with Gasteiger partial charge in [0.25, 0.3) is 0 Å². The Morgan fingerprint density at radius 1 is 1.21 bits per heavy atom. The molecule has 6 heteroatoms. The van der Waals surface area contributed by atoms with Gasteiger partial charge in [-0.15, -0.1) is 0 Å². The number of fused-ring (bicyclic) bond motifs is 2. The largest absolute Gasteiger partial charge is 0.382 e. The van der Waals surface area contributed by atoms with E-state index in [1.165, 1.54) is 0 Å². The number of anilines is 1. The highest BCUT2D eigenvalue weighted by Gasteiger charge is 2.54. The van der Waals surface area contributed by atoms with Crippen LogP contribution in [0.5, 0.6) is 0 Å². The monoisotopic (exact) mass is 375 g/mol. The van der Waals surface area contributed by atoms with Gasteiger partial charge in [0, 0.05) is 42.4 Å². The number of nitrogens with zero attached hydrogens (tertiary/aromatic N) is 4. The van der Waals surface area contributed by atoms with Crippen molar-refractivity contribution in [3.63, 3.8) is 0 Å². The van der Waals surface area contributed by atoms with Gasteiger partial charge < -0.3 is 10.2 Å². The van der Waals surface area contributed by atoms with Crippen molar-refractivity contribution >= 4 is 22.5 Å². The summed E-state index contributed by atoms with van der Waals surface area (Å²) in [7, 11) is 0. The molecule has 5 rings (SSSR count). The first-order valence-corrected chi connectivity index (χ1v) is 10.3. The smallest absolute Gasteiger partial charge is 0.238 e. The molecular weight excluding hydrogens is 350 g/mol. The van der Waals surface area contributed by atoms with Crippen LogP contribution in [-0.2, 0) is 4.79 Å². The molecule has 2 saturated heterocycles. The minimum atomic E-state index is -0.199. The van der Waals surface area contributed by atoms with E-state index in [2.05, 4.69) is 27.3 Å². The zero-order valence-electron chi connectivity index (χ0n) is 15.9. The van der Waals surface area contributed by atoms with Crippen LogP contribution in [0.2, 0.25) is 0 Å². The van der Waals surface area contributed by atoms with E-state index in [1.54, 1.807) is 0 Å². The molecule has 2 aromatic rings. The lowest BCUT2D eigenvalue weighted by atomic mass is 10.0. The highest BCUT2D eigenvalue weighted by atomic mass is 16.2. The minimum Gasteiger partial charge on any atom is -0.382 e. The van der Waals surface area contributed by atoms with Gasteiger partial charge in [0.2, 0.25) is 5.91 Å². The Balaban J connectivity index is 1.17. The van der Waals surface area contributed by atoms with Crippen LogP contribution < -0.4 is 5.32 Å². The molecule has 2 aliphatic heterocycles. The highest BCUT2D eigenvalue weighted by molar-refractivity contribution is 5.91. The molecule has 144 valence electrons. The maximum absolute atomic E-state index is 12.7. The van der Waals surface area contributed by atoms with Crippen LogP contribution in [0.3, 0.4) is 0 Å². The van der Waals surface area contributed by atoms with Crippen LogP contribution in [0.25, 0.3) is 10.9 Å². The van der Waals surface area contributed by atoms with Crippen LogP contribution in [0.1, 0.15) is 25.7 Å². The number of likely N-dealkylation sites (tertiary alicyclic amines) is 2. The zero-order valence-corrected chi connectivity index (χ0v) is 15.9. The Morgan fingerprint density at radius 3 is 2.86 bits per heavy atom. The first-order valence-electron chi connectivity index (χ1n) is 10.3. The third-order valence-electron chi connectivity index (χ3n) is 6.50. The Hall–Kier alpha value is -2.65. The molecule has 1 aromatic carbocycles. The lowest BCUT2D eigenvalue weighted by Gasteiger charge is -2.34. The molecule has 1 saturated carbocycles. The molecule has 3 heterocycles. The molecule has 28 heavy (non-hydrogen) atoms. The van der Waals surface area contributed by atoms with Crippen LogP contribution in [0, 0.1) is 17.2 Å². The third-order valence-corrected chi connectivity index (χ3v) is 6.50. The van der Waals surface area contributed by atoms with Crippen molar-refractivity contribution in [3.8, 4) is 6.07 Å². The number of carbonyl (C=O) groups excluding carboxylic acids is 1. The Kier molecular flexibility index (Phi) is 4.40. The second-order valence-corrected chi connectivity index (χ2v) is 8.32. The summed E-state index contributed by atoms with van der Waals surface area (Å²) in [5.74, 6) is 0.724. The zero-order chi connectivity index (χ0) is 19.1. The number of hydrogen-bond acceptors (Lipinski definition) is 5. The first-order chi connectivity index (χ1) is 13.7. The van der Waals surface area contributed by atoms with E-state index in [4.69, 9.17) is 0 Å². The van der Waals surface area contributed by atoms with E-state index in [1.807, 2.05) is 35.4 Å². The van der Waals surface area contributed by atoms with Crippen LogP contribution in [0.4, 0.5) is 5.69 Å². The first kappa shape index (κ1) is 17.4. The topological polar surface area (TPSA) is 72.3 Å². The van der Waals surface area contributed by atoms with Gasteiger partial charge in [0.1, 0.15) is 6.04 Å². The van der Waals surface area contributed by atoms with Crippen molar-refractivity contribution in [1.82, 2.24) is 14.8 Å². The normalized spacial score (nSPS) is 27.4. The number of piperidine rings is 2. The Labute approximate surface area is 165 Å². The maximum atomic E-state index is 12.7. The van der Waals surface area contributed by atoms with E-state index in [0.717, 1.165) is 55.4 Å². The summed E-state index contributed by atoms with van der Waals surface area (Å²) >= 11 is 0. The number of nitrogens with one attached hydrogen (secondary N) is 1. The summed E-state index contributed by atoms with van der Waals surface area (Å²) in [5, 5.41) is 14.1. The molecule has 6 nitrogen and oxygen atoms in total. The third kappa shape index (κ3) is 3.20. The quantitative estimate of drug-likeness (QED) is 0.889. The number of benzene rings is 1. The van der Waals surface area contributed by atoms with Crippen molar-refractivity contribution in [2.45, 2.75) is 43.8 Å². The number of pyridine rings is 1. The van der Waals surface area contributed by atoms with E-state index in [0.29, 0.717) is 24.5 Å². The molecule has 1 amide bonds. The van der Waals surface area contributed by atoms with Crippen LogP contribution >= 0.6 is 0 Å². The average Bonchev–Trinajstić information content (AvgIpc) is 3.39. The molecule has 2 unspecified atom stereocenters. The number of amides is 1. The van der Waals surface area contributed by atoms with Gasteiger partial charge in [-0.25, -0.2) is 0 Å². The number of hydrogen-bond donors (Lipinski definition) is 1. The van der Waals surface area contributed by atoms with Crippen LogP contribution in [0.15, 0.2) is 36.5 Å². The molecule has 3 fully saturated rings. The van der Waals surface area contributed by atoms with E-state index < -0.39 is 0 Å². The summed E-state index contributed by atoms with van der Waals surface area (Å²) in [4.78, 5) is 21.3. The molecule has 0 bridgehead atoms. The molecule has 1 aliphatic carbocycles. The van der Waals surface area contributed by atoms with Gasteiger partial charge in [-0.2, -0.15) is 5.26 Å². The molecule has 0 spiro atoms. The second-order valence-electron chi connectivity index (χ2n) is 8.32. The van der Waals surface area contributed by atoms with E-state index in [-0.39, 0.29) is 11.9 Å². The highest BCUT2D eigenvalue weighted by Crippen LogP contribution is 2.47. The standard InChI is InChI=1S/C22H25N5O/c23-13-17-11-15-12-21(15)27(17)22(28)14-26-9-6-16(7-10-26)25-20-5-8-24-19-4-2-1-3-18(19)20/h1-5,8,15-17,21H,6-7,9-12,14H2,(H,24,25)/t15-,17?,21?/m1/s1. The van der Waals surface area contributed by atoms with Crippen molar-refractivity contribution in [2.75, 3.05) is 25.0 Å². The Morgan fingerprint density at radius 2 is 2.04 bits per heavy atom. The van der Waals surface area contributed by atoms with Crippen molar-refractivity contribution in [3.05, 3.63) is 36.5 Å². The van der Waals surface area contributed by atoms with Gasteiger partial charge in [-0.05, 0) is 43.7 Å². The van der Waals surface area contributed by atoms with Crippen molar-refractivity contribution < 1.29 is 4.79 Å². The van der Waals surface area contributed by atoms with Gasteiger partial charge >= 0.3 is 0 Å². The van der Waals surface area contributed by atoms with Gasteiger partial charge in [0.15, 0.2) is 0 Å². The number of nitriles is 1. The van der Waals surface area contributed by atoms with Gasteiger partial charge in [-0.1, -0.05) is 18.2 Å². The van der Waals surface area contributed by atoms with Gasteiger partial charge in [-0.3, -0.25) is 14.7 Å².